The first-order chi connectivity index (χ1) is 4.65. The average Bonchev–Trinajstić information content (AvgIpc) is 1.84. The second-order valence-electron chi connectivity index (χ2n) is 2.05. The second kappa shape index (κ2) is 1.82. The summed E-state index contributed by atoms with van der Waals surface area (Å²) < 4.78 is 44.9. The molecule has 1 fully saturated rings. The van der Waals surface area contributed by atoms with Gasteiger partial charge in [0.25, 0.3) is 10.1 Å². The highest BCUT2D eigenvalue weighted by atomic mass is 35.5. The lowest BCUT2D eigenvalue weighted by atomic mass is 9.86. The van der Waals surface area contributed by atoms with Crippen LogP contribution < -0.4 is 0 Å². The zero-order chi connectivity index (χ0) is 9.08. The molecule has 7 heteroatoms. The number of halogens is 6. The Bertz CT molecular complexity index is 204. The van der Waals surface area contributed by atoms with Gasteiger partial charge in [-0.2, -0.15) is 17.6 Å². The fourth-order valence-electron chi connectivity index (χ4n) is 0.617. The van der Waals surface area contributed by atoms with Crippen LogP contribution in [-0.4, -0.2) is 22.0 Å². The molecular formula is C4Cl2F4O. The number of hydrogen-bond donors (Lipinski definition) is 0. The van der Waals surface area contributed by atoms with E-state index in [1.807, 2.05) is 0 Å². The third kappa shape index (κ3) is 0.705. The SMILES string of the molecule is O=C1C(F)(F)C(Cl)(Cl)C1(F)F. The highest BCUT2D eigenvalue weighted by molar-refractivity contribution is 6.55. The van der Waals surface area contributed by atoms with Gasteiger partial charge in [-0.25, -0.2) is 0 Å². The number of rotatable bonds is 0. The van der Waals surface area contributed by atoms with E-state index in [0.717, 1.165) is 0 Å². The Kier molecular flexibility index (Phi) is 1.50. The Morgan fingerprint density at radius 2 is 1.27 bits per heavy atom. The van der Waals surface area contributed by atoms with E-state index in [0.29, 0.717) is 0 Å². The van der Waals surface area contributed by atoms with E-state index in [2.05, 4.69) is 23.2 Å². The van der Waals surface area contributed by atoms with Crippen molar-refractivity contribution in [2.75, 3.05) is 0 Å². The molecule has 0 radical (unpaired) electrons. The van der Waals surface area contributed by atoms with Crippen LogP contribution in [0.2, 0.25) is 0 Å². The van der Waals surface area contributed by atoms with Crippen LogP contribution in [0.1, 0.15) is 0 Å². The molecule has 0 aliphatic heterocycles. The Balaban J connectivity index is 3.08. The highest BCUT2D eigenvalue weighted by Gasteiger charge is 2.87. The smallest absolute Gasteiger partial charge is 0.286 e. The van der Waals surface area contributed by atoms with E-state index in [1.54, 1.807) is 0 Å². The van der Waals surface area contributed by atoms with Crippen molar-refractivity contribution in [2.45, 2.75) is 16.2 Å². The summed E-state index contributed by atoms with van der Waals surface area (Å²) in [5.41, 5.74) is 0. The van der Waals surface area contributed by atoms with Crippen LogP contribution in [0.4, 0.5) is 17.6 Å². The van der Waals surface area contributed by atoms with Crippen LogP contribution in [0.3, 0.4) is 0 Å². The maximum Gasteiger partial charge on any atom is 0.350 e. The number of carbonyl (C=O) groups is 1. The van der Waals surface area contributed by atoms with Crippen LogP contribution in [0.5, 0.6) is 0 Å². The van der Waals surface area contributed by atoms with E-state index in [4.69, 9.17) is 0 Å². The summed E-state index contributed by atoms with van der Waals surface area (Å²) in [5, 5.41) is 0. The fourth-order valence-corrected chi connectivity index (χ4v) is 0.960. The van der Waals surface area contributed by atoms with Crippen molar-refractivity contribution in [1.29, 1.82) is 0 Å². The molecule has 0 bridgehead atoms. The molecule has 0 N–H and O–H groups in total. The molecule has 0 aromatic carbocycles. The van der Waals surface area contributed by atoms with Gasteiger partial charge in [0.2, 0.25) is 0 Å². The molecule has 0 unspecified atom stereocenters. The maximum atomic E-state index is 12.1. The van der Waals surface area contributed by atoms with Crippen LogP contribution in [0.25, 0.3) is 0 Å². The van der Waals surface area contributed by atoms with Gasteiger partial charge in [0, 0.05) is 0 Å². The zero-order valence-electron chi connectivity index (χ0n) is 4.68. The van der Waals surface area contributed by atoms with E-state index in [-0.39, 0.29) is 0 Å². The van der Waals surface area contributed by atoms with E-state index < -0.39 is 22.0 Å². The number of Topliss-reactive ketones (excluding diaryl/α,β-unsaturated/α-hetero) is 1. The van der Waals surface area contributed by atoms with Crippen molar-refractivity contribution in [3.63, 3.8) is 0 Å². The predicted octanol–water partition coefficient (Wildman–Crippen LogP) is 2.01. The topological polar surface area (TPSA) is 17.1 Å². The second-order valence-corrected chi connectivity index (χ2v) is 3.38. The summed E-state index contributed by atoms with van der Waals surface area (Å²) in [7, 11) is 0. The number of ketones is 1. The van der Waals surface area contributed by atoms with Gasteiger partial charge in [0.15, 0.2) is 0 Å². The molecule has 1 aliphatic rings. The molecule has 0 aromatic heterocycles. The summed E-state index contributed by atoms with van der Waals surface area (Å²) in [6, 6.07) is 0. The molecule has 0 atom stereocenters. The van der Waals surface area contributed by atoms with Gasteiger partial charge in [-0.3, -0.25) is 4.79 Å². The van der Waals surface area contributed by atoms with Crippen LogP contribution in [0, 0.1) is 0 Å². The summed E-state index contributed by atoms with van der Waals surface area (Å²) in [6.07, 6.45) is 0. The van der Waals surface area contributed by atoms with E-state index in [9.17, 15) is 22.4 Å². The quantitative estimate of drug-likeness (QED) is 0.442. The van der Waals surface area contributed by atoms with Crippen molar-refractivity contribution < 1.29 is 22.4 Å². The largest absolute Gasteiger partial charge is 0.350 e. The molecule has 0 aromatic rings. The zero-order valence-corrected chi connectivity index (χ0v) is 6.19. The Labute approximate surface area is 68.3 Å². The molecule has 1 aliphatic carbocycles. The Morgan fingerprint density at radius 1 is 1.00 bits per heavy atom. The maximum absolute atomic E-state index is 12.1. The molecule has 0 spiro atoms. The molecule has 0 heterocycles. The van der Waals surface area contributed by atoms with Crippen molar-refractivity contribution in [1.82, 2.24) is 0 Å². The number of hydrogen-bond acceptors (Lipinski definition) is 1. The first-order valence-electron chi connectivity index (χ1n) is 2.34. The lowest BCUT2D eigenvalue weighted by Crippen LogP contribution is -2.74. The van der Waals surface area contributed by atoms with Crippen LogP contribution in [0.15, 0.2) is 0 Å². The molecule has 64 valence electrons. The molecule has 0 amide bonds. The van der Waals surface area contributed by atoms with E-state index in [1.165, 1.54) is 0 Å². The third-order valence-electron chi connectivity index (χ3n) is 1.36. The lowest BCUT2D eigenvalue weighted by molar-refractivity contribution is -0.218. The van der Waals surface area contributed by atoms with Gasteiger partial charge in [-0.05, 0) is 0 Å². The molecule has 0 saturated heterocycles. The predicted molar refractivity (Wildman–Crippen MR) is 29.3 cm³/mol. The third-order valence-corrected chi connectivity index (χ3v) is 2.31. The van der Waals surface area contributed by atoms with Gasteiger partial charge in [-0.1, -0.05) is 23.2 Å². The van der Waals surface area contributed by atoms with E-state index >= 15 is 0 Å². The minimum absolute atomic E-state index is 2.53. The summed E-state index contributed by atoms with van der Waals surface area (Å²) >= 11 is 9.05. The lowest BCUT2D eigenvalue weighted by Gasteiger charge is -2.43. The molecule has 11 heavy (non-hydrogen) atoms. The minimum atomic E-state index is -4.35. The molecule has 1 rings (SSSR count). The average molecular weight is 211 g/mol. The first-order valence-corrected chi connectivity index (χ1v) is 3.09. The van der Waals surface area contributed by atoms with Crippen molar-refractivity contribution in [3.8, 4) is 0 Å². The number of alkyl halides is 6. The molecule has 1 saturated carbocycles. The normalized spacial score (nSPS) is 31.3. The van der Waals surface area contributed by atoms with Gasteiger partial charge in [0.05, 0.1) is 0 Å². The first kappa shape index (κ1) is 9.06. The summed E-state index contributed by atoms with van der Waals surface area (Å²) in [4.78, 5) is 9.95. The Morgan fingerprint density at radius 3 is 1.36 bits per heavy atom. The molecule has 1 nitrogen and oxygen atoms in total. The summed E-state index contributed by atoms with van der Waals surface area (Å²) in [5.74, 6) is -11.2. The van der Waals surface area contributed by atoms with Crippen LogP contribution in [-0.2, 0) is 4.79 Å². The standard InChI is InChI=1S/C4Cl2F4O/c5-4(6)2(7,8)1(11)3(4,9)10. The minimum Gasteiger partial charge on any atom is -0.286 e. The van der Waals surface area contributed by atoms with Gasteiger partial charge in [-0.15, -0.1) is 0 Å². The van der Waals surface area contributed by atoms with Crippen LogP contribution >= 0.6 is 23.2 Å². The fraction of sp³-hybridized carbons (Fsp3) is 0.750. The Hall–Kier alpha value is -0.0300. The summed E-state index contributed by atoms with van der Waals surface area (Å²) in [6.45, 7) is 0. The van der Waals surface area contributed by atoms with Gasteiger partial charge >= 0.3 is 11.8 Å². The van der Waals surface area contributed by atoms with Gasteiger partial charge < -0.3 is 0 Å². The highest BCUT2D eigenvalue weighted by Crippen LogP contribution is 2.60. The van der Waals surface area contributed by atoms with Crippen molar-refractivity contribution in [3.05, 3.63) is 0 Å². The van der Waals surface area contributed by atoms with Gasteiger partial charge in [0.1, 0.15) is 0 Å². The number of carbonyl (C=O) groups excluding carboxylic acids is 1. The molecular weight excluding hydrogens is 211 g/mol. The van der Waals surface area contributed by atoms with Crippen molar-refractivity contribution in [2.24, 2.45) is 0 Å². The van der Waals surface area contributed by atoms with Crippen molar-refractivity contribution >= 4 is 29.0 Å². The monoisotopic (exact) mass is 210 g/mol.